The third kappa shape index (κ3) is 4.17. The van der Waals surface area contributed by atoms with Gasteiger partial charge >= 0.3 is 0 Å². The van der Waals surface area contributed by atoms with Crippen LogP contribution in [0.3, 0.4) is 0 Å². The van der Waals surface area contributed by atoms with Crippen LogP contribution in [0.2, 0.25) is 0 Å². The SMILES string of the molecule is Oc1c(-c2ccccc2)cccc1[C@@H]1N[C@@H]2CCCC[C@H]2N[C@H]1c1cccc(-c2ccccc2)c1O. The topological polar surface area (TPSA) is 64.5 Å². The van der Waals surface area contributed by atoms with Gasteiger partial charge in [0.15, 0.2) is 0 Å². The fourth-order valence-corrected chi connectivity index (χ4v) is 6.05. The second-order valence-corrected chi connectivity index (χ2v) is 10.0. The number of hydrogen-bond acceptors (Lipinski definition) is 4. The van der Waals surface area contributed by atoms with Crippen molar-refractivity contribution in [2.24, 2.45) is 0 Å². The van der Waals surface area contributed by atoms with Crippen molar-refractivity contribution in [2.75, 3.05) is 0 Å². The van der Waals surface area contributed by atoms with Crippen LogP contribution < -0.4 is 10.6 Å². The smallest absolute Gasteiger partial charge is 0.128 e. The van der Waals surface area contributed by atoms with Crippen molar-refractivity contribution in [3.05, 3.63) is 108 Å². The number of fused-ring (bicyclic) bond motifs is 1. The Kier molecular flexibility index (Phi) is 6.22. The second kappa shape index (κ2) is 9.81. The highest BCUT2D eigenvalue weighted by Crippen LogP contribution is 2.46. The average molecular weight is 477 g/mol. The fraction of sp³-hybridized carbons (Fsp3) is 0.250. The molecule has 0 amide bonds. The van der Waals surface area contributed by atoms with Gasteiger partial charge in [0.25, 0.3) is 0 Å². The Balaban J connectivity index is 1.46. The molecule has 36 heavy (non-hydrogen) atoms. The summed E-state index contributed by atoms with van der Waals surface area (Å²) in [7, 11) is 0. The van der Waals surface area contributed by atoms with Gasteiger partial charge in [0.2, 0.25) is 0 Å². The molecule has 0 aromatic heterocycles. The minimum absolute atomic E-state index is 0.190. The highest BCUT2D eigenvalue weighted by molar-refractivity contribution is 5.74. The van der Waals surface area contributed by atoms with Crippen molar-refractivity contribution in [1.29, 1.82) is 0 Å². The van der Waals surface area contributed by atoms with Crippen molar-refractivity contribution in [1.82, 2.24) is 10.6 Å². The number of aromatic hydroxyl groups is 2. The molecule has 6 rings (SSSR count). The van der Waals surface area contributed by atoms with Gasteiger partial charge in [-0.2, -0.15) is 0 Å². The highest BCUT2D eigenvalue weighted by atomic mass is 16.3. The first-order valence-corrected chi connectivity index (χ1v) is 13.0. The number of benzene rings is 4. The lowest BCUT2D eigenvalue weighted by atomic mass is 9.80. The van der Waals surface area contributed by atoms with Crippen LogP contribution in [0, 0.1) is 0 Å². The molecule has 1 saturated heterocycles. The molecule has 1 aliphatic heterocycles. The molecule has 0 bridgehead atoms. The molecule has 2 fully saturated rings. The summed E-state index contributed by atoms with van der Waals surface area (Å²) in [5.74, 6) is 0.585. The summed E-state index contributed by atoms with van der Waals surface area (Å²) in [6, 6.07) is 32.3. The van der Waals surface area contributed by atoms with E-state index in [-0.39, 0.29) is 12.1 Å². The fourth-order valence-electron chi connectivity index (χ4n) is 6.05. The van der Waals surface area contributed by atoms with E-state index >= 15 is 0 Å². The Morgan fingerprint density at radius 3 is 1.33 bits per heavy atom. The van der Waals surface area contributed by atoms with Crippen molar-refractivity contribution < 1.29 is 10.2 Å². The van der Waals surface area contributed by atoms with Gasteiger partial charge in [0.1, 0.15) is 11.5 Å². The molecule has 1 aliphatic carbocycles. The van der Waals surface area contributed by atoms with Crippen LogP contribution in [0.25, 0.3) is 22.3 Å². The molecule has 4 heteroatoms. The van der Waals surface area contributed by atoms with Crippen LogP contribution in [0.4, 0.5) is 0 Å². The van der Waals surface area contributed by atoms with Crippen LogP contribution in [-0.4, -0.2) is 22.3 Å². The molecule has 0 radical (unpaired) electrons. The minimum atomic E-state index is -0.190. The van der Waals surface area contributed by atoms with E-state index in [1.165, 1.54) is 12.8 Å². The van der Waals surface area contributed by atoms with Gasteiger partial charge in [-0.25, -0.2) is 0 Å². The number of phenolic OH excluding ortho intramolecular Hbond substituents is 2. The lowest BCUT2D eigenvalue weighted by molar-refractivity contribution is 0.165. The zero-order valence-electron chi connectivity index (χ0n) is 20.3. The van der Waals surface area contributed by atoms with Gasteiger partial charge in [0, 0.05) is 34.3 Å². The number of nitrogens with one attached hydrogen (secondary N) is 2. The molecular weight excluding hydrogens is 444 g/mol. The van der Waals surface area contributed by atoms with Crippen molar-refractivity contribution in [3.8, 4) is 33.8 Å². The molecule has 1 saturated carbocycles. The Morgan fingerprint density at radius 1 is 0.500 bits per heavy atom. The molecule has 2 aliphatic rings. The first-order chi connectivity index (χ1) is 17.7. The molecule has 4 nitrogen and oxygen atoms in total. The Morgan fingerprint density at radius 2 is 0.917 bits per heavy atom. The maximum Gasteiger partial charge on any atom is 0.128 e. The van der Waals surface area contributed by atoms with E-state index in [0.29, 0.717) is 23.6 Å². The summed E-state index contributed by atoms with van der Waals surface area (Å²) in [6.07, 6.45) is 4.63. The van der Waals surface area contributed by atoms with Crippen LogP contribution >= 0.6 is 0 Å². The number of phenols is 2. The van der Waals surface area contributed by atoms with Crippen molar-refractivity contribution in [3.63, 3.8) is 0 Å². The number of piperazine rings is 1. The molecule has 4 aromatic rings. The van der Waals surface area contributed by atoms with E-state index in [1.807, 2.05) is 97.1 Å². The molecule has 4 atom stereocenters. The molecule has 0 unspecified atom stereocenters. The monoisotopic (exact) mass is 476 g/mol. The first-order valence-electron chi connectivity index (χ1n) is 13.0. The third-order valence-corrected chi connectivity index (χ3v) is 7.86. The van der Waals surface area contributed by atoms with Crippen molar-refractivity contribution >= 4 is 0 Å². The quantitative estimate of drug-likeness (QED) is 0.264. The van der Waals surface area contributed by atoms with E-state index in [1.54, 1.807) is 0 Å². The average Bonchev–Trinajstić information content (AvgIpc) is 2.94. The Bertz CT molecular complexity index is 1230. The first kappa shape index (κ1) is 22.8. The maximum atomic E-state index is 11.5. The highest BCUT2D eigenvalue weighted by Gasteiger charge is 2.40. The van der Waals surface area contributed by atoms with E-state index in [2.05, 4.69) is 10.6 Å². The largest absolute Gasteiger partial charge is 0.507 e. The predicted octanol–water partition coefficient (Wildman–Crippen LogP) is 6.72. The van der Waals surface area contributed by atoms with Gasteiger partial charge in [0.05, 0.1) is 12.1 Å². The van der Waals surface area contributed by atoms with Gasteiger partial charge in [-0.15, -0.1) is 0 Å². The zero-order chi connectivity index (χ0) is 24.5. The Labute approximate surface area is 212 Å². The normalized spacial score (nSPS) is 23.7. The molecule has 4 N–H and O–H groups in total. The Hall–Kier alpha value is -3.60. The molecule has 0 spiro atoms. The predicted molar refractivity (Wildman–Crippen MR) is 145 cm³/mol. The van der Waals surface area contributed by atoms with Gasteiger partial charge in [-0.05, 0) is 24.0 Å². The van der Waals surface area contributed by atoms with Crippen LogP contribution in [-0.2, 0) is 0 Å². The van der Waals surface area contributed by atoms with Gasteiger partial charge in [-0.3, -0.25) is 0 Å². The molecule has 1 heterocycles. The third-order valence-electron chi connectivity index (χ3n) is 7.86. The minimum Gasteiger partial charge on any atom is -0.507 e. The van der Waals surface area contributed by atoms with E-state index in [0.717, 1.165) is 46.2 Å². The lowest BCUT2D eigenvalue weighted by Crippen LogP contribution is -2.59. The molecule has 182 valence electrons. The maximum absolute atomic E-state index is 11.5. The van der Waals surface area contributed by atoms with Crippen LogP contribution in [0.5, 0.6) is 11.5 Å². The van der Waals surface area contributed by atoms with Crippen LogP contribution in [0.1, 0.15) is 48.9 Å². The molecule has 4 aromatic carbocycles. The lowest BCUT2D eigenvalue weighted by Gasteiger charge is -2.46. The zero-order valence-corrected chi connectivity index (χ0v) is 20.3. The number of rotatable bonds is 4. The van der Waals surface area contributed by atoms with Crippen molar-refractivity contribution in [2.45, 2.75) is 49.9 Å². The summed E-state index contributed by atoms with van der Waals surface area (Å²) in [6.45, 7) is 0. The van der Waals surface area contributed by atoms with Gasteiger partial charge < -0.3 is 20.8 Å². The number of hydrogen-bond donors (Lipinski definition) is 4. The summed E-state index contributed by atoms with van der Waals surface area (Å²) < 4.78 is 0. The summed E-state index contributed by atoms with van der Waals surface area (Å²) in [5.41, 5.74) is 5.32. The van der Waals surface area contributed by atoms with Gasteiger partial charge in [-0.1, -0.05) is 110 Å². The number of para-hydroxylation sites is 2. The van der Waals surface area contributed by atoms with Crippen LogP contribution in [0.15, 0.2) is 97.1 Å². The summed E-state index contributed by atoms with van der Waals surface area (Å²) >= 11 is 0. The van der Waals surface area contributed by atoms with E-state index < -0.39 is 0 Å². The molecular formula is C32H32N2O2. The summed E-state index contributed by atoms with van der Waals surface area (Å²) in [5, 5.41) is 30.8. The second-order valence-electron chi connectivity index (χ2n) is 10.0. The standard InChI is InChI=1S/C32H32N2O2/c35-31-23(21-11-3-1-4-12-21)15-9-17-25(31)29-30(34-28-20-8-7-19-27(28)33-29)26-18-10-16-24(32(26)36)22-13-5-2-6-14-22/h1-6,9-18,27-30,33-36H,7-8,19-20H2/t27-,28-,29+,30+/m1/s1. The summed E-state index contributed by atoms with van der Waals surface area (Å²) in [4.78, 5) is 0. The van der Waals surface area contributed by atoms with E-state index in [9.17, 15) is 10.2 Å². The van der Waals surface area contributed by atoms with E-state index in [4.69, 9.17) is 0 Å².